The fraction of sp³-hybridized carbons (Fsp3) is 0.538. The number of halogens is 1. The Balaban J connectivity index is 2.09. The average Bonchev–Trinajstić information content (AvgIpc) is 3.01. The number of aryl methyl sites for hydroxylation is 1. The molecule has 0 amide bonds. The molecule has 0 radical (unpaired) electrons. The van der Waals surface area contributed by atoms with Crippen molar-refractivity contribution < 1.29 is 4.74 Å². The lowest BCUT2D eigenvalue weighted by Crippen LogP contribution is -1.94. The monoisotopic (exact) mass is 268 g/mol. The van der Waals surface area contributed by atoms with E-state index in [2.05, 4.69) is 41.1 Å². The number of alkyl halides is 1. The molecule has 0 heterocycles. The lowest BCUT2D eigenvalue weighted by molar-refractivity contribution is 0.411. The molecule has 0 N–H and O–H groups in total. The zero-order chi connectivity index (χ0) is 10.8. The van der Waals surface area contributed by atoms with Gasteiger partial charge in [-0.05, 0) is 36.5 Å². The van der Waals surface area contributed by atoms with Crippen molar-refractivity contribution in [1.29, 1.82) is 0 Å². The molecule has 0 spiro atoms. The summed E-state index contributed by atoms with van der Waals surface area (Å²) in [6, 6.07) is 6.44. The van der Waals surface area contributed by atoms with E-state index in [-0.39, 0.29) is 0 Å². The fourth-order valence-electron chi connectivity index (χ4n) is 1.88. The smallest absolute Gasteiger partial charge is 0.121 e. The molecule has 1 atom stereocenters. The number of benzene rings is 1. The van der Waals surface area contributed by atoms with Crippen molar-refractivity contribution in [2.45, 2.75) is 31.0 Å². The standard InChI is InChI=1S/C13H17BrO/c1-9-7-11(5-6-13(9)15-2)12(14)8-10-3-4-10/h5-7,10,12H,3-4,8H2,1-2H3. The lowest BCUT2D eigenvalue weighted by Gasteiger charge is -2.12. The molecular weight excluding hydrogens is 252 g/mol. The molecule has 0 aromatic heterocycles. The van der Waals surface area contributed by atoms with Crippen LogP contribution in [0.25, 0.3) is 0 Å². The summed E-state index contributed by atoms with van der Waals surface area (Å²) in [7, 11) is 1.72. The van der Waals surface area contributed by atoms with E-state index >= 15 is 0 Å². The van der Waals surface area contributed by atoms with E-state index in [4.69, 9.17) is 4.74 Å². The van der Waals surface area contributed by atoms with Gasteiger partial charge in [0.25, 0.3) is 0 Å². The van der Waals surface area contributed by atoms with E-state index in [1.807, 2.05) is 0 Å². The van der Waals surface area contributed by atoms with Crippen LogP contribution in [0.5, 0.6) is 5.75 Å². The van der Waals surface area contributed by atoms with E-state index in [0.717, 1.165) is 11.7 Å². The lowest BCUT2D eigenvalue weighted by atomic mass is 10.0. The minimum absolute atomic E-state index is 0.509. The molecule has 82 valence electrons. The van der Waals surface area contributed by atoms with Crippen molar-refractivity contribution in [2.24, 2.45) is 5.92 Å². The van der Waals surface area contributed by atoms with Gasteiger partial charge in [0.15, 0.2) is 0 Å². The number of rotatable bonds is 4. The highest BCUT2D eigenvalue weighted by Gasteiger charge is 2.25. The summed E-state index contributed by atoms with van der Waals surface area (Å²) < 4.78 is 5.26. The van der Waals surface area contributed by atoms with Crippen molar-refractivity contribution in [2.75, 3.05) is 7.11 Å². The SMILES string of the molecule is COc1ccc(C(Br)CC2CC2)cc1C. The molecule has 1 aliphatic rings. The van der Waals surface area contributed by atoms with Crippen molar-refractivity contribution in [3.63, 3.8) is 0 Å². The van der Waals surface area contributed by atoms with Crippen LogP contribution in [0.4, 0.5) is 0 Å². The van der Waals surface area contributed by atoms with Gasteiger partial charge in [-0.2, -0.15) is 0 Å². The molecule has 1 aromatic rings. The summed E-state index contributed by atoms with van der Waals surface area (Å²) in [6.45, 7) is 2.10. The number of hydrogen-bond acceptors (Lipinski definition) is 1. The molecule has 2 rings (SSSR count). The van der Waals surface area contributed by atoms with Gasteiger partial charge in [-0.15, -0.1) is 0 Å². The Kier molecular flexibility index (Phi) is 3.35. The first-order chi connectivity index (χ1) is 7.20. The highest BCUT2D eigenvalue weighted by molar-refractivity contribution is 9.09. The van der Waals surface area contributed by atoms with Crippen LogP contribution in [-0.4, -0.2) is 7.11 Å². The maximum absolute atomic E-state index is 5.26. The van der Waals surface area contributed by atoms with Crippen LogP contribution in [0.3, 0.4) is 0 Å². The summed E-state index contributed by atoms with van der Waals surface area (Å²) in [5.74, 6) is 1.93. The first kappa shape index (κ1) is 11.0. The Bertz CT molecular complexity index is 344. The van der Waals surface area contributed by atoms with Gasteiger partial charge in [0.1, 0.15) is 5.75 Å². The van der Waals surface area contributed by atoms with E-state index in [1.165, 1.54) is 30.4 Å². The van der Waals surface area contributed by atoms with Crippen LogP contribution in [0, 0.1) is 12.8 Å². The second-order valence-corrected chi connectivity index (χ2v) is 5.48. The number of methoxy groups -OCH3 is 1. The van der Waals surface area contributed by atoms with Gasteiger partial charge in [0.05, 0.1) is 7.11 Å². The predicted octanol–water partition coefficient (Wildman–Crippen LogP) is 4.24. The first-order valence-corrected chi connectivity index (χ1v) is 6.41. The Morgan fingerprint density at radius 1 is 1.47 bits per heavy atom. The normalized spacial score (nSPS) is 17.5. The second kappa shape index (κ2) is 4.56. The Labute approximate surface area is 100.0 Å². The van der Waals surface area contributed by atoms with Crippen molar-refractivity contribution in [3.05, 3.63) is 29.3 Å². The summed E-state index contributed by atoms with van der Waals surface area (Å²) in [4.78, 5) is 0.509. The van der Waals surface area contributed by atoms with E-state index in [1.54, 1.807) is 7.11 Å². The Hall–Kier alpha value is -0.500. The summed E-state index contributed by atoms with van der Waals surface area (Å²) >= 11 is 3.77. The van der Waals surface area contributed by atoms with Crippen LogP contribution in [0.15, 0.2) is 18.2 Å². The molecule has 1 fully saturated rings. The second-order valence-electron chi connectivity index (χ2n) is 4.38. The Morgan fingerprint density at radius 3 is 2.73 bits per heavy atom. The maximum Gasteiger partial charge on any atom is 0.121 e. The third-order valence-electron chi connectivity index (χ3n) is 3.02. The highest BCUT2D eigenvalue weighted by atomic mass is 79.9. The Morgan fingerprint density at radius 2 is 2.20 bits per heavy atom. The molecule has 0 saturated heterocycles. The third kappa shape index (κ3) is 2.75. The van der Waals surface area contributed by atoms with Crippen LogP contribution >= 0.6 is 15.9 Å². The van der Waals surface area contributed by atoms with Crippen LogP contribution in [0.1, 0.15) is 35.2 Å². The molecule has 2 heteroatoms. The molecule has 1 unspecified atom stereocenters. The van der Waals surface area contributed by atoms with Crippen molar-refractivity contribution >= 4 is 15.9 Å². The van der Waals surface area contributed by atoms with Gasteiger partial charge in [-0.3, -0.25) is 0 Å². The van der Waals surface area contributed by atoms with Crippen molar-refractivity contribution in [1.82, 2.24) is 0 Å². The summed E-state index contributed by atoms with van der Waals surface area (Å²) in [6.07, 6.45) is 4.10. The first-order valence-electron chi connectivity index (χ1n) is 5.49. The molecule has 1 saturated carbocycles. The quantitative estimate of drug-likeness (QED) is 0.743. The van der Waals surface area contributed by atoms with Gasteiger partial charge in [0.2, 0.25) is 0 Å². The number of hydrogen-bond donors (Lipinski definition) is 0. The van der Waals surface area contributed by atoms with Crippen LogP contribution in [-0.2, 0) is 0 Å². The average molecular weight is 269 g/mol. The molecule has 0 aliphatic heterocycles. The van der Waals surface area contributed by atoms with Gasteiger partial charge in [-0.25, -0.2) is 0 Å². The van der Waals surface area contributed by atoms with Crippen molar-refractivity contribution in [3.8, 4) is 5.75 Å². The van der Waals surface area contributed by atoms with Gasteiger partial charge in [0, 0.05) is 4.83 Å². The molecule has 0 bridgehead atoms. The van der Waals surface area contributed by atoms with E-state index in [0.29, 0.717) is 4.83 Å². The fourth-order valence-corrected chi connectivity index (χ4v) is 2.69. The molecule has 15 heavy (non-hydrogen) atoms. The largest absolute Gasteiger partial charge is 0.496 e. The topological polar surface area (TPSA) is 9.23 Å². The molecule has 1 aliphatic carbocycles. The number of ether oxygens (including phenoxy) is 1. The molecule has 1 aromatic carbocycles. The van der Waals surface area contributed by atoms with Crippen LogP contribution < -0.4 is 4.74 Å². The van der Waals surface area contributed by atoms with Gasteiger partial charge in [-0.1, -0.05) is 40.9 Å². The van der Waals surface area contributed by atoms with Gasteiger partial charge < -0.3 is 4.74 Å². The highest BCUT2D eigenvalue weighted by Crippen LogP contribution is 2.41. The zero-order valence-corrected chi connectivity index (χ0v) is 10.9. The minimum atomic E-state index is 0.509. The van der Waals surface area contributed by atoms with Crippen LogP contribution in [0.2, 0.25) is 0 Å². The predicted molar refractivity (Wildman–Crippen MR) is 66.7 cm³/mol. The zero-order valence-electron chi connectivity index (χ0n) is 9.29. The summed E-state index contributed by atoms with van der Waals surface area (Å²) in [5.41, 5.74) is 2.59. The molecule has 1 nitrogen and oxygen atoms in total. The summed E-state index contributed by atoms with van der Waals surface area (Å²) in [5, 5.41) is 0. The van der Waals surface area contributed by atoms with E-state index < -0.39 is 0 Å². The minimum Gasteiger partial charge on any atom is -0.496 e. The third-order valence-corrected chi connectivity index (χ3v) is 3.92. The van der Waals surface area contributed by atoms with Gasteiger partial charge >= 0.3 is 0 Å². The molecular formula is C13H17BrO. The van der Waals surface area contributed by atoms with E-state index in [9.17, 15) is 0 Å². The maximum atomic E-state index is 5.26.